The normalized spacial score (nSPS) is 28.3. The molecule has 1 aliphatic rings. The standard InChI is InChI=1S/C11H18N4O2S/c1-9-5-14(6-10(2)18(9)17)11(16)3-4-15-8-12-7-13-15/h7-10H,3-6H2,1-2H3. The van der Waals surface area contributed by atoms with Crippen molar-refractivity contribution in [3.05, 3.63) is 12.7 Å². The topological polar surface area (TPSA) is 68.1 Å². The molecule has 0 N–H and O–H groups in total. The van der Waals surface area contributed by atoms with Gasteiger partial charge in [-0.2, -0.15) is 5.10 Å². The van der Waals surface area contributed by atoms with Crippen molar-refractivity contribution >= 4 is 16.7 Å². The maximum absolute atomic E-state index is 12.1. The Balaban J connectivity index is 1.87. The van der Waals surface area contributed by atoms with E-state index < -0.39 is 10.8 Å². The van der Waals surface area contributed by atoms with Crippen LogP contribution in [-0.4, -0.2) is 53.4 Å². The molecule has 0 radical (unpaired) electrons. The van der Waals surface area contributed by atoms with Crippen LogP contribution < -0.4 is 0 Å². The molecule has 2 heterocycles. The first-order valence-electron chi connectivity index (χ1n) is 6.07. The molecular formula is C11H18N4O2S. The van der Waals surface area contributed by atoms with Crippen LogP contribution in [0.25, 0.3) is 0 Å². The third kappa shape index (κ3) is 2.95. The van der Waals surface area contributed by atoms with Gasteiger partial charge in [0, 0.05) is 40.8 Å². The molecular weight excluding hydrogens is 252 g/mol. The lowest BCUT2D eigenvalue weighted by Gasteiger charge is -2.34. The summed E-state index contributed by atoms with van der Waals surface area (Å²) in [5.41, 5.74) is 0. The predicted molar refractivity (Wildman–Crippen MR) is 68.3 cm³/mol. The zero-order chi connectivity index (χ0) is 13.1. The fraction of sp³-hybridized carbons (Fsp3) is 0.727. The highest BCUT2D eigenvalue weighted by molar-refractivity contribution is 7.86. The number of carbonyl (C=O) groups is 1. The summed E-state index contributed by atoms with van der Waals surface area (Å²) in [6.45, 7) is 5.59. The van der Waals surface area contributed by atoms with Crippen molar-refractivity contribution in [3.63, 3.8) is 0 Å². The SMILES string of the molecule is CC1CN(C(=O)CCn2cncn2)CC(C)S1=O. The maximum Gasteiger partial charge on any atom is 0.224 e. The molecule has 2 rings (SSSR count). The number of hydrogen-bond donors (Lipinski definition) is 0. The second-order valence-electron chi connectivity index (χ2n) is 4.66. The molecule has 0 saturated carbocycles. The smallest absolute Gasteiger partial charge is 0.224 e. The molecule has 0 spiro atoms. The number of hydrogen-bond acceptors (Lipinski definition) is 4. The Labute approximate surface area is 109 Å². The average Bonchev–Trinajstić information content (AvgIpc) is 2.85. The molecule has 100 valence electrons. The van der Waals surface area contributed by atoms with Crippen LogP contribution in [0.5, 0.6) is 0 Å². The van der Waals surface area contributed by atoms with E-state index in [1.54, 1.807) is 11.0 Å². The summed E-state index contributed by atoms with van der Waals surface area (Å²) in [6.07, 6.45) is 3.47. The maximum atomic E-state index is 12.1. The molecule has 1 aliphatic heterocycles. The minimum absolute atomic E-state index is 0.0593. The van der Waals surface area contributed by atoms with Crippen molar-refractivity contribution in [2.24, 2.45) is 0 Å². The Kier molecular flexibility index (Phi) is 4.11. The van der Waals surface area contributed by atoms with Gasteiger partial charge in [0.05, 0.1) is 6.54 Å². The first-order chi connectivity index (χ1) is 8.58. The lowest BCUT2D eigenvalue weighted by molar-refractivity contribution is -0.131. The molecule has 6 nitrogen and oxygen atoms in total. The highest BCUT2D eigenvalue weighted by Crippen LogP contribution is 2.15. The van der Waals surface area contributed by atoms with Crippen molar-refractivity contribution in [2.45, 2.75) is 37.3 Å². The molecule has 7 heteroatoms. The molecule has 0 aromatic carbocycles. The zero-order valence-corrected chi connectivity index (χ0v) is 11.5. The van der Waals surface area contributed by atoms with Gasteiger partial charge in [-0.25, -0.2) is 4.98 Å². The molecule has 1 aromatic rings. The van der Waals surface area contributed by atoms with E-state index in [-0.39, 0.29) is 16.4 Å². The van der Waals surface area contributed by atoms with Gasteiger partial charge >= 0.3 is 0 Å². The monoisotopic (exact) mass is 270 g/mol. The minimum Gasteiger partial charge on any atom is -0.340 e. The Hall–Kier alpha value is -1.24. The molecule has 2 unspecified atom stereocenters. The van der Waals surface area contributed by atoms with Gasteiger partial charge in [-0.15, -0.1) is 0 Å². The van der Waals surface area contributed by atoms with Gasteiger partial charge in [-0.1, -0.05) is 0 Å². The fourth-order valence-corrected chi connectivity index (χ4v) is 3.61. The quantitative estimate of drug-likeness (QED) is 0.777. The van der Waals surface area contributed by atoms with E-state index in [0.29, 0.717) is 26.1 Å². The number of rotatable bonds is 3. The molecule has 1 amide bonds. The Bertz CT molecular complexity index is 420. The number of aromatic nitrogens is 3. The number of amides is 1. The molecule has 2 atom stereocenters. The lowest BCUT2D eigenvalue weighted by atomic mass is 10.3. The molecule has 0 aliphatic carbocycles. The van der Waals surface area contributed by atoms with Crippen molar-refractivity contribution in [1.82, 2.24) is 19.7 Å². The van der Waals surface area contributed by atoms with Crippen LogP contribution >= 0.6 is 0 Å². The van der Waals surface area contributed by atoms with Crippen LogP contribution in [-0.2, 0) is 22.1 Å². The molecule has 18 heavy (non-hydrogen) atoms. The third-order valence-corrected chi connectivity index (χ3v) is 5.01. The summed E-state index contributed by atoms with van der Waals surface area (Å²) in [5, 5.41) is 4.08. The Morgan fingerprint density at radius 1 is 1.39 bits per heavy atom. The van der Waals surface area contributed by atoms with Crippen molar-refractivity contribution in [1.29, 1.82) is 0 Å². The molecule has 1 fully saturated rings. The van der Waals surface area contributed by atoms with E-state index in [1.807, 2.05) is 18.7 Å². The lowest BCUT2D eigenvalue weighted by Crippen LogP contribution is -2.49. The molecule has 0 bridgehead atoms. The summed E-state index contributed by atoms with van der Waals surface area (Å²) in [7, 11) is -0.822. The van der Waals surface area contributed by atoms with Crippen LogP contribution in [0.15, 0.2) is 12.7 Å². The van der Waals surface area contributed by atoms with Crippen molar-refractivity contribution in [2.75, 3.05) is 13.1 Å². The fourth-order valence-electron chi connectivity index (χ4n) is 2.16. The van der Waals surface area contributed by atoms with Gasteiger partial charge in [0.1, 0.15) is 12.7 Å². The Morgan fingerprint density at radius 2 is 2.06 bits per heavy atom. The van der Waals surface area contributed by atoms with Gasteiger partial charge in [0.15, 0.2) is 0 Å². The number of nitrogens with zero attached hydrogens (tertiary/aromatic N) is 4. The van der Waals surface area contributed by atoms with Gasteiger partial charge in [-0.05, 0) is 13.8 Å². The number of carbonyl (C=O) groups excluding carboxylic acids is 1. The second kappa shape index (κ2) is 5.60. The van der Waals surface area contributed by atoms with E-state index in [1.165, 1.54) is 6.33 Å². The summed E-state index contributed by atoms with van der Waals surface area (Å²) < 4.78 is 13.4. The van der Waals surface area contributed by atoms with E-state index in [2.05, 4.69) is 10.1 Å². The zero-order valence-electron chi connectivity index (χ0n) is 10.7. The van der Waals surface area contributed by atoms with Crippen molar-refractivity contribution < 1.29 is 9.00 Å². The first-order valence-corrected chi connectivity index (χ1v) is 7.35. The van der Waals surface area contributed by atoms with E-state index in [4.69, 9.17) is 0 Å². The average molecular weight is 270 g/mol. The van der Waals surface area contributed by atoms with Crippen LogP contribution in [0, 0.1) is 0 Å². The van der Waals surface area contributed by atoms with Crippen LogP contribution in [0.1, 0.15) is 20.3 Å². The highest BCUT2D eigenvalue weighted by Gasteiger charge is 2.30. The summed E-state index contributed by atoms with van der Waals surface area (Å²) in [6, 6.07) is 0. The highest BCUT2D eigenvalue weighted by atomic mass is 32.2. The van der Waals surface area contributed by atoms with E-state index in [0.717, 1.165) is 0 Å². The summed E-state index contributed by atoms with van der Waals surface area (Å²) in [4.78, 5) is 17.7. The van der Waals surface area contributed by atoms with Crippen molar-refractivity contribution in [3.8, 4) is 0 Å². The first kappa shape index (κ1) is 13.2. The van der Waals surface area contributed by atoms with Gasteiger partial charge in [0.2, 0.25) is 5.91 Å². The summed E-state index contributed by atoms with van der Waals surface area (Å²) in [5.74, 6) is 0.0981. The Morgan fingerprint density at radius 3 is 2.61 bits per heavy atom. The molecule has 1 saturated heterocycles. The summed E-state index contributed by atoms with van der Waals surface area (Å²) >= 11 is 0. The van der Waals surface area contributed by atoms with Crippen LogP contribution in [0.3, 0.4) is 0 Å². The third-order valence-electron chi connectivity index (χ3n) is 3.12. The van der Waals surface area contributed by atoms with Gasteiger partial charge in [-0.3, -0.25) is 13.7 Å². The van der Waals surface area contributed by atoms with Gasteiger partial charge < -0.3 is 4.90 Å². The van der Waals surface area contributed by atoms with Crippen LogP contribution in [0.2, 0.25) is 0 Å². The predicted octanol–water partition coefficient (Wildman–Crippen LogP) is 0.0361. The number of aryl methyl sites for hydroxylation is 1. The largest absolute Gasteiger partial charge is 0.340 e. The van der Waals surface area contributed by atoms with E-state index >= 15 is 0 Å². The minimum atomic E-state index is -0.822. The van der Waals surface area contributed by atoms with E-state index in [9.17, 15) is 9.00 Å². The van der Waals surface area contributed by atoms with Gasteiger partial charge in [0.25, 0.3) is 0 Å². The van der Waals surface area contributed by atoms with Crippen LogP contribution in [0.4, 0.5) is 0 Å². The molecule has 1 aromatic heterocycles. The second-order valence-corrected chi connectivity index (χ2v) is 6.92.